The molecule has 3 heterocycles. The quantitative estimate of drug-likeness (QED) is 0.0501. The Labute approximate surface area is 431 Å². The van der Waals surface area contributed by atoms with E-state index >= 15 is 0 Å². The highest BCUT2D eigenvalue weighted by atomic mass is 16.6. The van der Waals surface area contributed by atoms with E-state index in [1.807, 2.05) is 58.1 Å². The second kappa shape index (κ2) is 30.3. The second-order valence-corrected chi connectivity index (χ2v) is 21.4. The predicted octanol–water partition coefficient (Wildman–Crippen LogP) is 7.17. The Kier molecular flexibility index (Phi) is 25.8. The van der Waals surface area contributed by atoms with Crippen LogP contribution in [0.1, 0.15) is 138 Å². The van der Waals surface area contributed by atoms with Crippen LogP contribution in [0.4, 0.5) is 0 Å². The molecule has 72 heavy (non-hydrogen) atoms. The van der Waals surface area contributed by atoms with Gasteiger partial charge >= 0.3 is 5.97 Å². The monoisotopic (exact) mass is 1020 g/mol. The molecule has 3 aliphatic heterocycles. The number of amides is 1. The molecular formula is C56H93N3O13. The third-order valence-corrected chi connectivity index (χ3v) is 15.8. The van der Waals surface area contributed by atoms with Crippen molar-refractivity contribution >= 4 is 23.4 Å². The molecule has 1 aliphatic carbocycles. The summed E-state index contributed by atoms with van der Waals surface area (Å²) in [6.07, 6.45) is 15.0. The van der Waals surface area contributed by atoms with Crippen molar-refractivity contribution < 1.29 is 63.0 Å². The molecule has 2 bridgehead atoms. The van der Waals surface area contributed by atoms with Gasteiger partial charge in [-0.25, -0.2) is 4.79 Å². The number of hydrogen-bond donors (Lipinski definition) is 4. The van der Waals surface area contributed by atoms with Crippen molar-refractivity contribution in [2.24, 2.45) is 46.4 Å². The van der Waals surface area contributed by atoms with Gasteiger partial charge in [-0.2, -0.15) is 0 Å². The maximum Gasteiger partial charge on any atom is 0.329 e. The number of Topliss-reactive ketones (excluding diaryl/α,β-unsaturated/α-hetero) is 1. The molecule has 0 spiro atoms. The van der Waals surface area contributed by atoms with Gasteiger partial charge in [-0.05, 0) is 126 Å². The summed E-state index contributed by atoms with van der Waals surface area (Å²) in [5.74, 6) is -6.10. The summed E-state index contributed by atoms with van der Waals surface area (Å²) in [6, 6.07) is -1.07. The van der Waals surface area contributed by atoms with Gasteiger partial charge in [0.15, 0.2) is 0 Å². The topological polar surface area (TPSA) is 218 Å². The Bertz CT molecular complexity index is 1850. The molecule has 16 heteroatoms. The number of aliphatic hydroxyl groups excluding tert-OH is 2. The number of rotatable bonds is 12. The van der Waals surface area contributed by atoms with E-state index in [0.29, 0.717) is 82.2 Å². The minimum atomic E-state index is -2.40. The van der Waals surface area contributed by atoms with Gasteiger partial charge in [0, 0.05) is 65.6 Å². The van der Waals surface area contributed by atoms with Gasteiger partial charge in [0.2, 0.25) is 5.79 Å². The fourth-order valence-electron chi connectivity index (χ4n) is 11.1. The number of oxime groups is 1. The number of ether oxygens (including phenoxy) is 6. The fourth-order valence-corrected chi connectivity index (χ4v) is 11.1. The number of carbonyl (C=O) groups excluding carboxylic acids is 3. The predicted molar refractivity (Wildman–Crippen MR) is 278 cm³/mol. The van der Waals surface area contributed by atoms with Crippen LogP contribution in [-0.2, 0) is 47.6 Å². The van der Waals surface area contributed by atoms with E-state index in [2.05, 4.69) is 25.1 Å². The molecule has 0 aromatic heterocycles. The van der Waals surface area contributed by atoms with Crippen molar-refractivity contribution in [3.8, 4) is 0 Å². The maximum absolute atomic E-state index is 14.7. The van der Waals surface area contributed by atoms with E-state index in [1.54, 1.807) is 35.4 Å². The van der Waals surface area contributed by atoms with Gasteiger partial charge in [-0.3, -0.25) is 9.59 Å². The van der Waals surface area contributed by atoms with Crippen LogP contribution in [0.3, 0.4) is 0 Å². The van der Waals surface area contributed by atoms with Crippen molar-refractivity contribution in [1.29, 1.82) is 0 Å². The first-order chi connectivity index (χ1) is 34.3. The summed E-state index contributed by atoms with van der Waals surface area (Å²) in [7, 11) is 6.38. The zero-order chi connectivity index (χ0) is 53.1. The zero-order valence-corrected chi connectivity index (χ0v) is 45.5. The van der Waals surface area contributed by atoms with Gasteiger partial charge in [0.25, 0.3) is 11.7 Å². The summed E-state index contributed by atoms with van der Waals surface area (Å²) in [5.41, 5.74) is 7.87. The molecule has 1 amide bonds. The van der Waals surface area contributed by atoms with Crippen LogP contribution in [0.5, 0.6) is 0 Å². The maximum atomic E-state index is 14.7. The van der Waals surface area contributed by atoms with E-state index in [-0.39, 0.29) is 55.1 Å². The Hall–Kier alpha value is -3.32. The molecule has 410 valence electrons. The lowest BCUT2D eigenvalue weighted by Gasteiger charge is -2.43. The molecule has 0 radical (unpaired) electrons. The summed E-state index contributed by atoms with van der Waals surface area (Å²) < 4.78 is 36.5. The Morgan fingerprint density at radius 1 is 0.847 bits per heavy atom. The number of cyclic esters (lactones) is 1. The third kappa shape index (κ3) is 17.1. The van der Waals surface area contributed by atoms with Crippen LogP contribution in [0.25, 0.3) is 0 Å². The van der Waals surface area contributed by atoms with Crippen molar-refractivity contribution in [3.63, 3.8) is 0 Å². The molecule has 0 aromatic carbocycles. The van der Waals surface area contributed by atoms with E-state index in [1.165, 1.54) is 4.90 Å². The minimum absolute atomic E-state index is 0.115. The van der Waals surface area contributed by atoms with Gasteiger partial charge in [-0.1, -0.05) is 76.2 Å². The number of esters is 1. The number of nitrogens with two attached hydrogens (primary N) is 1. The largest absolute Gasteiger partial charge is 0.460 e. The van der Waals surface area contributed by atoms with Gasteiger partial charge < -0.3 is 59.2 Å². The highest BCUT2D eigenvalue weighted by molar-refractivity contribution is 6.39. The number of unbranched alkanes of at least 4 members (excludes halogenated alkanes) is 1. The highest BCUT2D eigenvalue weighted by Crippen LogP contribution is 2.38. The van der Waals surface area contributed by atoms with Gasteiger partial charge in [0.05, 0.1) is 36.2 Å². The second-order valence-electron chi connectivity index (χ2n) is 21.4. The van der Waals surface area contributed by atoms with Crippen LogP contribution in [0.15, 0.2) is 52.8 Å². The molecule has 16 atom stereocenters. The molecule has 0 unspecified atom stereocenters. The summed E-state index contributed by atoms with van der Waals surface area (Å²) in [6.45, 7) is 14.8. The number of piperidine rings is 1. The number of allylic oxidation sites excluding steroid dienone is 5. The molecule has 4 aliphatic rings. The van der Waals surface area contributed by atoms with Gasteiger partial charge in [-0.15, -0.1) is 0 Å². The molecule has 16 nitrogen and oxygen atoms in total. The third-order valence-electron chi connectivity index (χ3n) is 15.8. The van der Waals surface area contributed by atoms with E-state index < -0.39 is 78.1 Å². The smallest absolute Gasteiger partial charge is 0.329 e. The van der Waals surface area contributed by atoms with E-state index in [4.69, 9.17) is 39.0 Å². The first-order valence-electron chi connectivity index (χ1n) is 26.9. The van der Waals surface area contributed by atoms with Crippen LogP contribution >= 0.6 is 0 Å². The average molecular weight is 1020 g/mol. The summed E-state index contributed by atoms with van der Waals surface area (Å²) in [5, 5.41) is 39.3. The number of methoxy groups -OCH3 is 4. The molecular weight excluding hydrogens is 923 g/mol. The number of carbonyl (C=O) groups is 3. The Morgan fingerprint density at radius 3 is 2.26 bits per heavy atom. The molecule has 2 saturated heterocycles. The molecule has 4 rings (SSSR count). The van der Waals surface area contributed by atoms with E-state index in [9.17, 15) is 29.7 Å². The minimum Gasteiger partial charge on any atom is -0.460 e. The van der Waals surface area contributed by atoms with Gasteiger partial charge in [0.1, 0.15) is 31.0 Å². The normalized spacial score (nSPS) is 39.2. The average Bonchev–Trinajstić information content (AvgIpc) is 3.36. The van der Waals surface area contributed by atoms with Crippen LogP contribution in [-0.4, -0.2) is 152 Å². The highest BCUT2D eigenvalue weighted by Gasteiger charge is 2.53. The molecule has 1 saturated carbocycles. The van der Waals surface area contributed by atoms with Crippen LogP contribution in [0, 0.1) is 35.5 Å². The molecule has 3 fully saturated rings. The number of hydrogen-bond acceptors (Lipinski definition) is 15. The summed E-state index contributed by atoms with van der Waals surface area (Å²) in [4.78, 5) is 50.5. The fraction of sp³-hybridized carbons (Fsp3) is 0.786. The lowest BCUT2D eigenvalue weighted by atomic mass is 9.78. The van der Waals surface area contributed by atoms with Crippen molar-refractivity contribution in [2.45, 2.75) is 199 Å². The Morgan fingerprint density at radius 2 is 1.58 bits per heavy atom. The first-order valence-corrected chi connectivity index (χ1v) is 26.9. The van der Waals surface area contributed by atoms with Crippen molar-refractivity contribution in [3.05, 3.63) is 47.6 Å². The number of fused-ring (bicyclic) bond motifs is 3. The molecule has 0 aromatic rings. The Balaban J connectivity index is 1.77. The number of aliphatic hydroxyl groups is 3. The zero-order valence-electron chi connectivity index (χ0n) is 45.5. The standard InChI is InChI=1S/C56H93N3O13/c1-35-19-13-12-14-20-36(2)46(66-8)33-43-24-22-41(7)56(65,72-43)53(62)54(63)59-27-17-15-21-44(59)55(64)71-48(38(4)31-42-23-25-45(60)49(32-42)68-10)34-47(67-9)37(3)30-40(6)51(61)52(69-11)50(39(5)29-35)58-70-28-18-16-26-57/h12-14,19-20,30,35,37-39,41-49,51-52,60-61,65H,15-18,21-29,31-34,57H2,1-11H3/b14-12+,19-13+,36-20+,40-30+,58-50+/t35-,37-,38-,39-,41-,42+,43+,44+,45-,46+,47-,48+,49-,51-,52+,56-/m1/s1. The van der Waals surface area contributed by atoms with E-state index in [0.717, 1.165) is 24.8 Å². The lowest BCUT2D eigenvalue weighted by molar-refractivity contribution is -0.265. The summed E-state index contributed by atoms with van der Waals surface area (Å²) >= 11 is 0. The SMILES string of the molecule is CO[C@H]1C[C@@H]2CC[C@@H](C)[C@@](O)(O2)C(=O)C(=O)N2CCCC[C@H]2C(=O)O[C@H]([C@H](C)C[C@@H]2CC[C@@H](O)[C@H](OC)C2)C[C@@H](OC)[C@H](C)/C=C(\C)[C@@H](O)[C@@H](OC)/C(=N/OCCCCN)[C@H](C)C[C@H](C)/C=C/C=C/C=C/1C. The first kappa shape index (κ1) is 61.2. The number of nitrogens with zero attached hydrogens (tertiary/aromatic N) is 2. The van der Waals surface area contributed by atoms with Crippen LogP contribution < -0.4 is 5.73 Å². The molecule has 5 N–H and O–H groups in total. The lowest BCUT2D eigenvalue weighted by Crippen LogP contribution is -2.61. The van der Waals surface area contributed by atoms with Crippen molar-refractivity contribution in [2.75, 3.05) is 48.1 Å². The number of ketones is 1. The van der Waals surface area contributed by atoms with Crippen LogP contribution in [0.2, 0.25) is 0 Å². The van der Waals surface area contributed by atoms with Crippen molar-refractivity contribution in [1.82, 2.24) is 4.90 Å².